The van der Waals surface area contributed by atoms with Crippen LogP contribution in [0.25, 0.3) is 10.9 Å². The Hall–Kier alpha value is -3.33. The summed E-state index contributed by atoms with van der Waals surface area (Å²) in [7, 11) is 0. The van der Waals surface area contributed by atoms with Crippen molar-refractivity contribution in [1.29, 1.82) is 5.26 Å². The number of ether oxygens (including phenoxy) is 2. The number of nitrogens with one attached hydrogen (secondary N) is 1. The van der Waals surface area contributed by atoms with E-state index in [1.807, 2.05) is 43.3 Å². The average Bonchev–Trinajstić information content (AvgIpc) is 3.03. The fraction of sp³-hybridized carbons (Fsp3) is 0.118. The molecule has 0 bridgehead atoms. The number of hydrogen-bond acceptors (Lipinski definition) is 6. The van der Waals surface area contributed by atoms with Gasteiger partial charge in [-0.15, -0.1) is 10.2 Å². The lowest BCUT2D eigenvalue weighted by Gasteiger charge is -2.11. The van der Waals surface area contributed by atoms with Gasteiger partial charge in [0.1, 0.15) is 6.07 Å². The lowest BCUT2D eigenvalue weighted by atomic mass is 10.1. The van der Waals surface area contributed by atoms with Crippen LogP contribution in [0.15, 0.2) is 36.4 Å². The fourth-order valence-electron chi connectivity index (χ4n) is 2.54. The molecule has 1 aromatic heterocycles. The monoisotopic (exact) mass is 304 g/mol. The van der Waals surface area contributed by atoms with Crippen molar-refractivity contribution >= 4 is 22.3 Å². The molecule has 2 aromatic carbocycles. The Morgan fingerprint density at radius 2 is 1.96 bits per heavy atom. The van der Waals surface area contributed by atoms with Crippen LogP contribution in [0.2, 0.25) is 0 Å². The maximum atomic E-state index is 9.34. The SMILES string of the molecule is Cc1ccc2nnc(C#N)c(Nc3ccc4c(c3)OCO4)c2c1. The van der Waals surface area contributed by atoms with Gasteiger partial charge in [0, 0.05) is 17.1 Å². The van der Waals surface area contributed by atoms with Crippen LogP contribution in [-0.2, 0) is 0 Å². The van der Waals surface area contributed by atoms with Crippen molar-refractivity contribution in [1.82, 2.24) is 10.2 Å². The predicted molar refractivity (Wildman–Crippen MR) is 84.8 cm³/mol. The maximum absolute atomic E-state index is 9.34. The highest BCUT2D eigenvalue weighted by molar-refractivity contribution is 5.95. The summed E-state index contributed by atoms with van der Waals surface area (Å²) in [5.74, 6) is 1.39. The molecule has 23 heavy (non-hydrogen) atoms. The molecule has 0 aliphatic carbocycles. The van der Waals surface area contributed by atoms with E-state index < -0.39 is 0 Å². The quantitative estimate of drug-likeness (QED) is 0.782. The van der Waals surface area contributed by atoms with Crippen LogP contribution >= 0.6 is 0 Å². The maximum Gasteiger partial charge on any atom is 0.231 e. The molecular weight excluding hydrogens is 292 g/mol. The molecule has 1 aliphatic rings. The van der Waals surface area contributed by atoms with E-state index in [1.165, 1.54) is 0 Å². The summed E-state index contributed by atoms with van der Waals surface area (Å²) in [6, 6.07) is 13.5. The number of aryl methyl sites for hydroxylation is 1. The third-order valence-corrected chi connectivity index (χ3v) is 3.66. The molecule has 3 aromatic rings. The molecule has 0 fully saturated rings. The molecule has 1 aliphatic heterocycles. The van der Waals surface area contributed by atoms with Crippen molar-refractivity contribution in [3.63, 3.8) is 0 Å². The van der Waals surface area contributed by atoms with Gasteiger partial charge in [0.2, 0.25) is 6.79 Å². The number of benzene rings is 2. The normalized spacial score (nSPS) is 12.2. The van der Waals surface area contributed by atoms with E-state index in [2.05, 4.69) is 21.6 Å². The van der Waals surface area contributed by atoms with Gasteiger partial charge in [-0.25, -0.2) is 0 Å². The number of nitrogens with zero attached hydrogens (tertiary/aromatic N) is 3. The molecule has 0 saturated heterocycles. The van der Waals surface area contributed by atoms with Crippen LogP contribution in [0.1, 0.15) is 11.3 Å². The van der Waals surface area contributed by atoms with E-state index in [4.69, 9.17) is 9.47 Å². The molecular formula is C17H12N4O2. The number of fused-ring (bicyclic) bond motifs is 2. The Morgan fingerprint density at radius 1 is 1.09 bits per heavy atom. The zero-order valence-corrected chi connectivity index (χ0v) is 12.3. The first-order valence-electron chi connectivity index (χ1n) is 7.08. The van der Waals surface area contributed by atoms with E-state index in [-0.39, 0.29) is 12.5 Å². The Balaban J connectivity index is 1.84. The van der Waals surface area contributed by atoms with Crippen molar-refractivity contribution in [3.8, 4) is 17.6 Å². The second kappa shape index (κ2) is 5.14. The van der Waals surface area contributed by atoms with Gasteiger partial charge in [-0.05, 0) is 31.2 Å². The van der Waals surface area contributed by atoms with E-state index >= 15 is 0 Å². The predicted octanol–water partition coefficient (Wildman–Crippen LogP) is 3.28. The van der Waals surface area contributed by atoms with Crippen molar-refractivity contribution < 1.29 is 9.47 Å². The standard InChI is InChI=1S/C17H12N4O2/c1-10-2-4-13-12(6-10)17(14(8-18)21-20-13)19-11-3-5-15-16(7-11)23-9-22-15/h2-7H,9H2,1H3,(H,19,20). The number of anilines is 2. The summed E-state index contributed by atoms with van der Waals surface area (Å²) in [5, 5.41) is 21.6. The number of aromatic nitrogens is 2. The molecule has 0 radical (unpaired) electrons. The van der Waals surface area contributed by atoms with Crippen LogP contribution in [0.3, 0.4) is 0 Å². The Morgan fingerprint density at radius 3 is 2.83 bits per heavy atom. The molecule has 0 amide bonds. The second-order valence-electron chi connectivity index (χ2n) is 5.25. The van der Waals surface area contributed by atoms with E-state index in [0.717, 1.165) is 22.2 Å². The number of hydrogen-bond donors (Lipinski definition) is 1. The molecule has 2 heterocycles. The summed E-state index contributed by atoms with van der Waals surface area (Å²) >= 11 is 0. The van der Waals surface area contributed by atoms with Crippen molar-refractivity contribution in [2.75, 3.05) is 12.1 Å². The summed E-state index contributed by atoms with van der Waals surface area (Å²) in [6.45, 7) is 2.22. The molecule has 6 nitrogen and oxygen atoms in total. The van der Waals surface area contributed by atoms with Crippen molar-refractivity contribution in [2.45, 2.75) is 6.92 Å². The van der Waals surface area contributed by atoms with Gasteiger partial charge < -0.3 is 14.8 Å². The summed E-state index contributed by atoms with van der Waals surface area (Å²) in [5.41, 5.74) is 3.50. The van der Waals surface area contributed by atoms with Crippen LogP contribution in [0.4, 0.5) is 11.4 Å². The van der Waals surface area contributed by atoms with Gasteiger partial charge in [0.25, 0.3) is 0 Å². The van der Waals surface area contributed by atoms with Crippen LogP contribution in [0.5, 0.6) is 11.5 Å². The van der Waals surface area contributed by atoms with Gasteiger partial charge >= 0.3 is 0 Å². The average molecular weight is 304 g/mol. The minimum absolute atomic E-state index is 0.223. The molecule has 112 valence electrons. The van der Waals surface area contributed by atoms with Crippen LogP contribution in [0, 0.1) is 18.3 Å². The lowest BCUT2D eigenvalue weighted by molar-refractivity contribution is 0.174. The minimum atomic E-state index is 0.223. The van der Waals surface area contributed by atoms with Crippen LogP contribution in [-0.4, -0.2) is 17.0 Å². The number of rotatable bonds is 2. The zero-order valence-electron chi connectivity index (χ0n) is 12.3. The zero-order chi connectivity index (χ0) is 15.8. The smallest absolute Gasteiger partial charge is 0.231 e. The summed E-state index contributed by atoms with van der Waals surface area (Å²) in [6.07, 6.45) is 0. The molecule has 0 spiro atoms. The molecule has 1 N–H and O–H groups in total. The van der Waals surface area contributed by atoms with Gasteiger partial charge in [0.15, 0.2) is 17.2 Å². The first-order valence-corrected chi connectivity index (χ1v) is 7.08. The Labute approximate surface area is 132 Å². The van der Waals surface area contributed by atoms with Crippen molar-refractivity contribution in [3.05, 3.63) is 47.7 Å². The topological polar surface area (TPSA) is 80.1 Å². The third-order valence-electron chi connectivity index (χ3n) is 3.66. The molecule has 0 atom stereocenters. The van der Waals surface area contributed by atoms with E-state index in [1.54, 1.807) is 0 Å². The van der Waals surface area contributed by atoms with Crippen LogP contribution < -0.4 is 14.8 Å². The van der Waals surface area contributed by atoms with E-state index in [9.17, 15) is 5.26 Å². The lowest BCUT2D eigenvalue weighted by Crippen LogP contribution is -2.00. The first kappa shape index (κ1) is 13.3. The first-order chi connectivity index (χ1) is 11.2. The molecule has 6 heteroatoms. The molecule has 4 rings (SSSR count). The van der Waals surface area contributed by atoms with Crippen molar-refractivity contribution in [2.24, 2.45) is 0 Å². The highest BCUT2D eigenvalue weighted by Crippen LogP contribution is 2.36. The third kappa shape index (κ3) is 2.28. The van der Waals surface area contributed by atoms with Gasteiger partial charge in [-0.3, -0.25) is 0 Å². The Kier molecular flexibility index (Phi) is 2.98. The largest absolute Gasteiger partial charge is 0.454 e. The van der Waals surface area contributed by atoms with Gasteiger partial charge in [-0.2, -0.15) is 5.26 Å². The Bertz CT molecular complexity index is 963. The van der Waals surface area contributed by atoms with E-state index in [0.29, 0.717) is 17.2 Å². The fourth-order valence-corrected chi connectivity index (χ4v) is 2.54. The highest BCUT2D eigenvalue weighted by Gasteiger charge is 2.15. The summed E-state index contributed by atoms with van der Waals surface area (Å²) < 4.78 is 10.7. The highest BCUT2D eigenvalue weighted by atomic mass is 16.7. The molecule has 0 unspecified atom stereocenters. The summed E-state index contributed by atoms with van der Waals surface area (Å²) in [4.78, 5) is 0. The van der Waals surface area contributed by atoms with Gasteiger partial charge in [0.05, 0.1) is 11.2 Å². The van der Waals surface area contributed by atoms with Gasteiger partial charge in [-0.1, -0.05) is 11.6 Å². The second-order valence-corrected chi connectivity index (χ2v) is 5.25. The number of nitriles is 1. The molecule has 0 saturated carbocycles. The minimum Gasteiger partial charge on any atom is -0.454 e.